The van der Waals surface area contributed by atoms with Crippen LogP contribution in [0, 0.1) is 5.82 Å². The summed E-state index contributed by atoms with van der Waals surface area (Å²) in [5.74, 6) is -1.28. The van der Waals surface area contributed by atoms with Crippen molar-refractivity contribution >= 4 is 28.8 Å². The number of aliphatic carboxylic acids is 1. The van der Waals surface area contributed by atoms with Gasteiger partial charge in [-0.3, -0.25) is 4.79 Å². The van der Waals surface area contributed by atoms with E-state index in [9.17, 15) is 9.18 Å². The number of hydrogen-bond acceptors (Lipinski definition) is 4. The molecule has 114 valence electrons. The Labute approximate surface area is 126 Å². The van der Waals surface area contributed by atoms with Crippen molar-refractivity contribution < 1.29 is 14.3 Å². The molecule has 0 fully saturated rings. The number of imidazole rings is 1. The summed E-state index contributed by atoms with van der Waals surface area (Å²) >= 11 is 1.16. The predicted octanol–water partition coefficient (Wildman–Crippen LogP) is 2.30. The van der Waals surface area contributed by atoms with Crippen molar-refractivity contribution in [1.29, 1.82) is 0 Å². The average Bonchev–Trinajstić information content (AvgIpc) is 2.73. The molecular weight excluding hydrogens is 293 g/mol. The molecule has 2 rings (SSSR count). The molecule has 0 saturated heterocycles. The zero-order valence-corrected chi connectivity index (χ0v) is 12.9. The normalized spacial score (nSPS) is 11.4. The van der Waals surface area contributed by atoms with Gasteiger partial charge in [0.15, 0.2) is 5.16 Å². The Balaban J connectivity index is 2.27. The lowest BCUT2D eigenvalue weighted by Gasteiger charge is -2.11. The van der Waals surface area contributed by atoms with Crippen LogP contribution in [0.3, 0.4) is 0 Å². The van der Waals surface area contributed by atoms with Crippen molar-refractivity contribution in [3.05, 3.63) is 24.0 Å². The molecule has 0 amide bonds. The van der Waals surface area contributed by atoms with E-state index in [4.69, 9.17) is 5.11 Å². The van der Waals surface area contributed by atoms with Crippen LogP contribution in [-0.2, 0) is 11.3 Å². The van der Waals surface area contributed by atoms with Crippen LogP contribution in [0.4, 0.5) is 4.39 Å². The number of benzene rings is 1. The van der Waals surface area contributed by atoms with Crippen LogP contribution >= 0.6 is 11.8 Å². The number of halogens is 1. The Morgan fingerprint density at radius 3 is 2.90 bits per heavy atom. The fraction of sp³-hybridized carbons (Fsp3) is 0.429. The van der Waals surface area contributed by atoms with E-state index in [-0.39, 0.29) is 11.6 Å². The summed E-state index contributed by atoms with van der Waals surface area (Å²) < 4.78 is 15.3. The van der Waals surface area contributed by atoms with Crippen molar-refractivity contribution in [2.45, 2.75) is 18.1 Å². The minimum Gasteiger partial charge on any atom is -0.481 e. The third kappa shape index (κ3) is 4.18. The van der Waals surface area contributed by atoms with Gasteiger partial charge in [-0.1, -0.05) is 11.8 Å². The number of carbonyl (C=O) groups is 1. The molecule has 1 N–H and O–H groups in total. The molecule has 2 aromatic rings. The van der Waals surface area contributed by atoms with Gasteiger partial charge in [-0.15, -0.1) is 0 Å². The van der Waals surface area contributed by atoms with Crippen molar-refractivity contribution in [3.63, 3.8) is 0 Å². The summed E-state index contributed by atoms with van der Waals surface area (Å²) in [6, 6.07) is 4.47. The van der Waals surface area contributed by atoms with Crippen LogP contribution in [0.2, 0.25) is 0 Å². The Morgan fingerprint density at radius 1 is 1.48 bits per heavy atom. The fourth-order valence-corrected chi connectivity index (χ4v) is 2.84. The van der Waals surface area contributed by atoms with Crippen LogP contribution < -0.4 is 0 Å². The third-order valence-corrected chi connectivity index (χ3v) is 3.95. The number of hydrogen-bond donors (Lipinski definition) is 1. The van der Waals surface area contributed by atoms with Crippen molar-refractivity contribution in [2.75, 3.05) is 26.4 Å². The molecule has 21 heavy (non-hydrogen) atoms. The number of nitrogens with zero attached hydrogens (tertiary/aromatic N) is 3. The van der Waals surface area contributed by atoms with E-state index >= 15 is 0 Å². The Morgan fingerprint density at radius 2 is 2.24 bits per heavy atom. The summed E-state index contributed by atoms with van der Waals surface area (Å²) in [5, 5.41) is 9.43. The number of rotatable bonds is 7. The average molecular weight is 311 g/mol. The van der Waals surface area contributed by atoms with Crippen molar-refractivity contribution in [1.82, 2.24) is 14.5 Å². The molecule has 1 aromatic carbocycles. The van der Waals surface area contributed by atoms with Crippen LogP contribution in [-0.4, -0.2) is 51.9 Å². The summed E-state index contributed by atoms with van der Waals surface area (Å²) in [4.78, 5) is 17.2. The highest BCUT2D eigenvalue weighted by atomic mass is 32.2. The Hall–Kier alpha value is -1.60. The monoisotopic (exact) mass is 311 g/mol. The standard InChI is InChI=1S/C14H18FN3O2S/c1-17(2)6-3-7-18-12-5-4-10(15)8-11(12)16-14(18)21-9-13(19)20/h4-5,8H,3,6-7,9H2,1-2H3,(H,19,20). The lowest BCUT2D eigenvalue weighted by molar-refractivity contribution is -0.133. The summed E-state index contributed by atoms with van der Waals surface area (Å²) in [5.41, 5.74) is 1.40. The maximum absolute atomic E-state index is 13.3. The quantitative estimate of drug-likeness (QED) is 0.795. The molecule has 1 heterocycles. The lowest BCUT2D eigenvalue weighted by atomic mass is 10.3. The smallest absolute Gasteiger partial charge is 0.313 e. The van der Waals surface area contributed by atoms with Gasteiger partial charge >= 0.3 is 5.97 Å². The van der Waals surface area contributed by atoms with Crippen LogP contribution in [0.15, 0.2) is 23.4 Å². The largest absolute Gasteiger partial charge is 0.481 e. The Bertz CT molecular complexity index is 642. The lowest BCUT2D eigenvalue weighted by Crippen LogP contribution is -2.15. The minimum absolute atomic E-state index is 0.0561. The van der Waals surface area contributed by atoms with E-state index in [0.717, 1.165) is 36.8 Å². The van der Waals surface area contributed by atoms with Crippen molar-refractivity contribution in [3.8, 4) is 0 Å². The molecule has 0 bridgehead atoms. The second-order valence-corrected chi connectivity index (χ2v) is 5.96. The molecule has 0 aliphatic heterocycles. The molecule has 0 aliphatic carbocycles. The van der Waals surface area contributed by atoms with E-state index in [2.05, 4.69) is 9.88 Å². The Kier molecular flexibility index (Phi) is 5.19. The second kappa shape index (κ2) is 6.91. The van der Waals surface area contributed by atoms with Gasteiger partial charge in [0.2, 0.25) is 0 Å². The molecule has 0 saturated carbocycles. The van der Waals surface area contributed by atoms with E-state index in [1.807, 2.05) is 18.7 Å². The zero-order chi connectivity index (χ0) is 15.4. The molecule has 0 radical (unpaired) electrons. The maximum Gasteiger partial charge on any atom is 0.313 e. The molecule has 0 spiro atoms. The molecular formula is C14H18FN3O2S. The number of carboxylic acids is 1. The van der Waals surface area contributed by atoms with E-state index in [0.29, 0.717) is 10.7 Å². The topological polar surface area (TPSA) is 58.4 Å². The van der Waals surface area contributed by atoms with E-state index in [1.54, 1.807) is 6.07 Å². The number of aromatic nitrogens is 2. The number of carboxylic acid groups (broad SMARTS) is 1. The predicted molar refractivity (Wildman–Crippen MR) is 81.2 cm³/mol. The van der Waals surface area contributed by atoms with Gasteiger partial charge in [-0.2, -0.15) is 0 Å². The van der Waals surface area contributed by atoms with Gasteiger partial charge < -0.3 is 14.6 Å². The van der Waals surface area contributed by atoms with E-state index < -0.39 is 5.97 Å². The molecule has 0 atom stereocenters. The summed E-state index contributed by atoms with van der Waals surface area (Å²) in [7, 11) is 4.00. The van der Waals surface area contributed by atoms with Gasteiger partial charge in [-0.05, 0) is 39.2 Å². The first-order valence-electron chi connectivity index (χ1n) is 6.62. The van der Waals surface area contributed by atoms with Gasteiger partial charge in [0.25, 0.3) is 0 Å². The maximum atomic E-state index is 13.3. The number of thioether (sulfide) groups is 1. The van der Waals surface area contributed by atoms with Gasteiger partial charge in [0.05, 0.1) is 16.8 Å². The molecule has 0 aliphatic rings. The van der Waals surface area contributed by atoms with Crippen molar-refractivity contribution in [2.24, 2.45) is 0 Å². The molecule has 7 heteroatoms. The first-order valence-corrected chi connectivity index (χ1v) is 7.61. The van der Waals surface area contributed by atoms with Crippen LogP contribution in [0.1, 0.15) is 6.42 Å². The first-order chi connectivity index (χ1) is 9.97. The number of aryl methyl sites for hydroxylation is 1. The first kappa shape index (κ1) is 15.8. The number of fused-ring (bicyclic) bond motifs is 1. The van der Waals surface area contributed by atoms with Gasteiger partial charge in [0, 0.05) is 12.6 Å². The van der Waals surface area contributed by atoms with Gasteiger partial charge in [0.1, 0.15) is 5.82 Å². The van der Waals surface area contributed by atoms with Crippen LogP contribution in [0.25, 0.3) is 11.0 Å². The fourth-order valence-electron chi connectivity index (χ4n) is 2.08. The third-order valence-electron chi connectivity index (χ3n) is 2.99. The van der Waals surface area contributed by atoms with E-state index in [1.165, 1.54) is 12.1 Å². The molecule has 5 nitrogen and oxygen atoms in total. The molecule has 0 unspecified atom stereocenters. The summed E-state index contributed by atoms with van der Waals surface area (Å²) in [6.07, 6.45) is 0.913. The summed E-state index contributed by atoms with van der Waals surface area (Å²) in [6.45, 7) is 1.65. The van der Waals surface area contributed by atoms with Crippen LogP contribution in [0.5, 0.6) is 0 Å². The highest BCUT2D eigenvalue weighted by Crippen LogP contribution is 2.25. The SMILES string of the molecule is CN(C)CCCn1c(SCC(=O)O)nc2cc(F)ccc21. The highest BCUT2D eigenvalue weighted by molar-refractivity contribution is 7.99. The zero-order valence-electron chi connectivity index (χ0n) is 12.0. The minimum atomic E-state index is -0.891. The van der Waals surface area contributed by atoms with Gasteiger partial charge in [-0.25, -0.2) is 9.37 Å². The second-order valence-electron chi connectivity index (χ2n) is 5.02. The molecule has 1 aromatic heterocycles. The highest BCUT2D eigenvalue weighted by Gasteiger charge is 2.13.